The van der Waals surface area contributed by atoms with Crippen LogP contribution >= 0.6 is 0 Å². The molecule has 0 heterocycles. The van der Waals surface area contributed by atoms with Crippen LogP contribution in [0.5, 0.6) is 0 Å². The Morgan fingerprint density at radius 3 is 1.34 bits per heavy atom. The Kier molecular flexibility index (Phi) is 16.5. The number of hydrogen-bond donors (Lipinski definition) is 2. The van der Waals surface area contributed by atoms with E-state index in [2.05, 4.69) is 76.2 Å². The molecule has 0 spiro atoms. The van der Waals surface area contributed by atoms with Crippen LogP contribution in [0.15, 0.2) is 49.6 Å². The molecule has 1 rings (SSSR count). The second kappa shape index (κ2) is 16.2. The lowest BCUT2D eigenvalue weighted by Crippen LogP contribution is -3.00. The first-order valence-electron chi connectivity index (χ1n) is 10.6. The highest BCUT2D eigenvalue weighted by atomic mass is 79.9. The van der Waals surface area contributed by atoms with Gasteiger partial charge in [0.05, 0.1) is 41.3 Å². The van der Waals surface area contributed by atoms with Gasteiger partial charge in [0.1, 0.15) is 13.1 Å². The van der Waals surface area contributed by atoms with Gasteiger partial charge >= 0.3 is 0 Å². The third kappa shape index (κ3) is 14.6. The van der Waals surface area contributed by atoms with Gasteiger partial charge in [-0.05, 0) is 12.2 Å². The Hall–Kier alpha value is -1.48. The number of hydrogen-bond acceptors (Lipinski definition) is 2. The Morgan fingerprint density at radius 1 is 0.750 bits per heavy atom. The minimum atomic E-state index is -0.112. The third-order valence-corrected chi connectivity index (χ3v) is 5.09. The molecule has 0 fully saturated rings. The lowest BCUT2D eigenvalue weighted by molar-refractivity contribution is -0.904. The zero-order valence-electron chi connectivity index (χ0n) is 20.0. The standard InChI is InChI=1S/C24H38N4O2.2BrH/c1-7-23(29)25-15-9-17-27(3,4)19-21-11-13-22(14-12-21)20-28(5,6)18-10-16-26-24(30)8-2;;/h7-8,11-14H,1-2,9-10,15-20H2,3-6H3;2*1H. The van der Waals surface area contributed by atoms with Crippen molar-refractivity contribution in [3.63, 3.8) is 0 Å². The molecule has 6 nitrogen and oxygen atoms in total. The van der Waals surface area contributed by atoms with Crippen molar-refractivity contribution in [3.8, 4) is 0 Å². The second-order valence-electron chi connectivity index (χ2n) is 9.15. The van der Waals surface area contributed by atoms with Crippen LogP contribution in [-0.2, 0) is 22.7 Å². The molecule has 0 saturated heterocycles. The number of carbonyl (C=O) groups excluding carboxylic acids is 2. The molecule has 0 radical (unpaired) electrons. The average molecular weight is 576 g/mol. The summed E-state index contributed by atoms with van der Waals surface area (Å²) < 4.78 is 1.75. The molecule has 0 aliphatic rings. The van der Waals surface area contributed by atoms with Crippen molar-refractivity contribution in [2.24, 2.45) is 0 Å². The highest BCUT2D eigenvalue weighted by molar-refractivity contribution is 5.87. The zero-order valence-corrected chi connectivity index (χ0v) is 23.2. The van der Waals surface area contributed by atoms with Crippen molar-refractivity contribution in [1.29, 1.82) is 0 Å². The van der Waals surface area contributed by atoms with Gasteiger partial charge in [0.15, 0.2) is 0 Å². The van der Waals surface area contributed by atoms with Crippen LogP contribution in [0.1, 0.15) is 24.0 Å². The lowest BCUT2D eigenvalue weighted by atomic mass is 10.1. The molecular weight excluding hydrogens is 536 g/mol. The largest absolute Gasteiger partial charge is 1.00 e. The van der Waals surface area contributed by atoms with Gasteiger partial charge in [0.2, 0.25) is 11.8 Å². The van der Waals surface area contributed by atoms with Crippen LogP contribution in [0.3, 0.4) is 0 Å². The Labute approximate surface area is 215 Å². The van der Waals surface area contributed by atoms with Crippen LogP contribution in [0.2, 0.25) is 0 Å². The normalized spacial score (nSPS) is 10.9. The maximum Gasteiger partial charge on any atom is 0.243 e. The molecule has 0 aliphatic carbocycles. The number of halogens is 2. The summed E-state index contributed by atoms with van der Waals surface area (Å²) >= 11 is 0. The summed E-state index contributed by atoms with van der Waals surface area (Å²) in [6.07, 6.45) is 4.48. The van der Waals surface area contributed by atoms with Crippen molar-refractivity contribution >= 4 is 11.8 Å². The van der Waals surface area contributed by atoms with E-state index >= 15 is 0 Å². The van der Waals surface area contributed by atoms with Gasteiger partial charge in [0.25, 0.3) is 0 Å². The fraction of sp³-hybridized carbons (Fsp3) is 0.500. The van der Waals surface area contributed by atoms with E-state index in [1.807, 2.05) is 0 Å². The van der Waals surface area contributed by atoms with Crippen LogP contribution in [0.25, 0.3) is 0 Å². The van der Waals surface area contributed by atoms with Gasteiger partial charge in [-0.15, -0.1) is 0 Å². The number of amides is 2. The summed E-state index contributed by atoms with van der Waals surface area (Å²) in [6.45, 7) is 12.2. The Bertz CT molecular complexity index is 658. The molecule has 0 aromatic heterocycles. The van der Waals surface area contributed by atoms with E-state index in [1.54, 1.807) is 0 Å². The maximum atomic E-state index is 11.2. The molecule has 32 heavy (non-hydrogen) atoms. The number of nitrogens with zero attached hydrogens (tertiary/aromatic N) is 2. The fourth-order valence-electron chi connectivity index (χ4n) is 3.48. The van der Waals surface area contributed by atoms with Gasteiger partial charge in [-0.2, -0.15) is 0 Å². The van der Waals surface area contributed by atoms with Crippen molar-refractivity contribution < 1.29 is 52.5 Å². The second-order valence-corrected chi connectivity index (χ2v) is 9.15. The smallest absolute Gasteiger partial charge is 0.243 e. The SMILES string of the molecule is C=CC(=O)NCCC[N+](C)(C)Cc1ccc(C[N+](C)(C)CCCNC(=O)C=C)cc1.[Br-].[Br-]. The van der Waals surface area contributed by atoms with Gasteiger partial charge in [-0.1, -0.05) is 37.4 Å². The average Bonchev–Trinajstić information content (AvgIpc) is 2.69. The van der Waals surface area contributed by atoms with Gasteiger partial charge in [-0.3, -0.25) is 9.59 Å². The molecule has 2 amide bonds. The van der Waals surface area contributed by atoms with E-state index in [9.17, 15) is 9.59 Å². The number of nitrogens with one attached hydrogen (secondary N) is 2. The first-order chi connectivity index (χ1) is 14.1. The summed E-state index contributed by atoms with van der Waals surface area (Å²) in [5.74, 6) is -0.225. The van der Waals surface area contributed by atoms with Crippen molar-refractivity contribution in [1.82, 2.24) is 10.6 Å². The van der Waals surface area contributed by atoms with Crippen molar-refractivity contribution in [3.05, 3.63) is 60.7 Å². The molecule has 0 bridgehead atoms. The Balaban J connectivity index is 0. The van der Waals surface area contributed by atoms with Crippen LogP contribution < -0.4 is 44.6 Å². The van der Waals surface area contributed by atoms with E-state index in [-0.39, 0.29) is 45.8 Å². The van der Waals surface area contributed by atoms with E-state index in [4.69, 9.17) is 0 Å². The maximum absolute atomic E-state index is 11.2. The van der Waals surface area contributed by atoms with Gasteiger partial charge in [0, 0.05) is 37.1 Å². The lowest BCUT2D eigenvalue weighted by Gasteiger charge is -2.31. The van der Waals surface area contributed by atoms with E-state index in [1.165, 1.54) is 23.3 Å². The molecular formula is C24H40Br2N4O2. The number of carbonyl (C=O) groups is 2. The van der Waals surface area contributed by atoms with Crippen molar-refractivity contribution in [2.45, 2.75) is 25.9 Å². The van der Waals surface area contributed by atoms with Gasteiger partial charge in [-0.25, -0.2) is 0 Å². The topological polar surface area (TPSA) is 58.2 Å². The van der Waals surface area contributed by atoms with Crippen LogP contribution in [-0.4, -0.2) is 75.2 Å². The summed E-state index contributed by atoms with van der Waals surface area (Å²) in [6, 6.07) is 8.89. The van der Waals surface area contributed by atoms with Crippen LogP contribution in [0, 0.1) is 0 Å². The number of quaternary nitrogens is 2. The summed E-state index contributed by atoms with van der Waals surface area (Å²) in [7, 11) is 8.87. The van der Waals surface area contributed by atoms with E-state index in [0.717, 1.165) is 48.0 Å². The molecule has 2 N–H and O–H groups in total. The van der Waals surface area contributed by atoms with E-state index < -0.39 is 0 Å². The zero-order chi connectivity index (χ0) is 22.6. The highest BCUT2D eigenvalue weighted by Gasteiger charge is 2.18. The molecule has 1 aromatic rings. The highest BCUT2D eigenvalue weighted by Crippen LogP contribution is 2.15. The number of benzene rings is 1. The summed E-state index contributed by atoms with van der Waals surface area (Å²) in [5.41, 5.74) is 2.63. The molecule has 8 heteroatoms. The minimum Gasteiger partial charge on any atom is -1.00 e. The monoisotopic (exact) mass is 574 g/mol. The predicted molar refractivity (Wildman–Crippen MR) is 123 cm³/mol. The molecule has 0 atom stereocenters. The van der Waals surface area contributed by atoms with Crippen molar-refractivity contribution in [2.75, 3.05) is 54.4 Å². The molecule has 0 unspecified atom stereocenters. The summed E-state index contributed by atoms with van der Waals surface area (Å²) in [5, 5.41) is 5.66. The van der Waals surface area contributed by atoms with Crippen LogP contribution in [0.4, 0.5) is 0 Å². The number of rotatable bonds is 14. The summed E-state index contributed by atoms with van der Waals surface area (Å²) in [4.78, 5) is 22.4. The third-order valence-electron chi connectivity index (χ3n) is 5.09. The minimum absolute atomic E-state index is 0. The quantitative estimate of drug-likeness (QED) is 0.136. The molecule has 182 valence electrons. The molecule has 1 aromatic carbocycles. The molecule has 0 aliphatic heterocycles. The molecule has 0 saturated carbocycles. The fourth-order valence-corrected chi connectivity index (χ4v) is 3.48. The van der Waals surface area contributed by atoms with E-state index in [0.29, 0.717) is 13.1 Å². The van der Waals surface area contributed by atoms with Gasteiger partial charge < -0.3 is 53.6 Å². The first-order valence-corrected chi connectivity index (χ1v) is 10.6. The first kappa shape index (κ1) is 32.7. The predicted octanol–water partition coefficient (Wildman–Crippen LogP) is -3.77. The Morgan fingerprint density at radius 2 is 1.06 bits per heavy atom.